The molecule has 1 radical (unpaired) electrons. The number of nitrogens with zero attached hydrogens (tertiary/aromatic N) is 4. The number of halogens is 2. The molecular weight excluding hydrogens is 1050 g/mol. The van der Waals surface area contributed by atoms with Crippen molar-refractivity contribution in [2.75, 3.05) is 0 Å². The molecule has 0 aliphatic rings. The first-order chi connectivity index (χ1) is 31.2. The zero-order valence-corrected chi connectivity index (χ0v) is 40.2. The van der Waals surface area contributed by atoms with E-state index in [1.807, 2.05) is 108 Å². The van der Waals surface area contributed by atoms with Gasteiger partial charge in [-0.25, -0.2) is 9.37 Å². The second-order valence-corrected chi connectivity index (χ2v) is 27.2. The standard InChI is InChI=1S/C42H24F2N3O.C14H16GeN.Ir/c43-30-17-21-37-35(23-30)46-42(47(37)36-20-16-29(26-10-4-1-5-11-26)22-33(36)28-14-8-3-9-15-28)32-19-18-31(27-12-6-2-7-13-27)40-34-25-45-39(44)24-38(34)48-41(32)40;1-15(2,3)13-9-10-14(16-11-13)12-7-5-4-6-8-12;/h1-18,20-25H;4-7,9-11H,1-3H3;/q2*-1;. The van der Waals surface area contributed by atoms with Gasteiger partial charge in [-0.3, -0.25) is 4.98 Å². The van der Waals surface area contributed by atoms with Gasteiger partial charge in [-0.15, -0.1) is 12.1 Å². The Hall–Kier alpha value is -6.84. The number of aromatic nitrogens is 4. The minimum atomic E-state index is -1.72. The molecule has 0 N–H and O–H groups in total. The third-order valence-corrected chi connectivity index (χ3v) is 15.6. The molecule has 9 heteroatoms. The summed E-state index contributed by atoms with van der Waals surface area (Å²) in [6.45, 7) is 0. The van der Waals surface area contributed by atoms with Crippen LogP contribution in [0.2, 0.25) is 17.3 Å². The summed E-state index contributed by atoms with van der Waals surface area (Å²) in [5.41, 5.74) is 11.5. The van der Waals surface area contributed by atoms with E-state index < -0.39 is 19.2 Å². The van der Waals surface area contributed by atoms with Crippen LogP contribution in [0, 0.1) is 23.9 Å². The third kappa shape index (κ3) is 8.73. The van der Waals surface area contributed by atoms with Crippen LogP contribution in [0.15, 0.2) is 193 Å². The fourth-order valence-electron chi connectivity index (χ4n) is 8.11. The second kappa shape index (κ2) is 18.3. The zero-order chi connectivity index (χ0) is 43.8. The molecule has 0 atom stereocenters. The minimum absolute atomic E-state index is 0. The Balaban J connectivity index is 0.000000266. The van der Waals surface area contributed by atoms with Gasteiger partial charge in [0.05, 0.1) is 22.4 Å². The van der Waals surface area contributed by atoms with Crippen LogP contribution in [-0.2, 0) is 20.1 Å². The molecule has 5 nitrogen and oxygen atoms in total. The SMILES string of the molecule is Fc1ccc2c(c1)nc(-c1[c-]cc(-c3ccccc3)c3c1oc1cc(F)ncc13)n2-c1ccc(-c2ccccc2)cc1-c1ccccc1.[CH3][Ge]([CH3])([CH3])[c]1ccc(-c2[c-]cccc2)nc1.[Ir]. The minimum Gasteiger partial charge on any atom is 0 e. The molecule has 11 aromatic rings. The summed E-state index contributed by atoms with van der Waals surface area (Å²) < 4.78 is 39.0. The molecule has 11 rings (SSSR count). The molecule has 319 valence electrons. The Kier molecular flexibility index (Phi) is 12.2. The van der Waals surface area contributed by atoms with Gasteiger partial charge >= 0.3 is 99.8 Å². The Morgan fingerprint density at radius 2 is 1.31 bits per heavy atom. The van der Waals surface area contributed by atoms with Gasteiger partial charge in [-0.1, -0.05) is 114 Å². The maximum Gasteiger partial charge on any atom is 0 e. The van der Waals surface area contributed by atoms with Gasteiger partial charge in [0.2, 0.25) is 5.95 Å². The third-order valence-electron chi connectivity index (χ3n) is 11.4. The Morgan fingerprint density at radius 1 is 0.615 bits per heavy atom. The van der Waals surface area contributed by atoms with Gasteiger partial charge in [0.25, 0.3) is 0 Å². The summed E-state index contributed by atoms with van der Waals surface area (Å²) in [5, 5.41) is 1.44. The van der Waals surface area contributed by atoms with Crippen LogP contribution < -0.4 is 4.40 Å². The van der Waals surface area contributed by atoms with Gasteiger partial charge in [-0.2, -0.15) is 4.39 Å². The fraction of sp³-hybridized carbons (Fsp3) is 0.0536. The summed E-state index contributed by atoms with van der Waals surface area (Å²) in [6.07, 6.45) is 3.54. The topological polar surface area (TPSA) is 56.7 Å². The molecule has 0 saturated heterocycles. The molecule has 0 aliphatic carbocycles. The van der Waals surface area contributed by atoms with Crippen LogP contribution in [0.1, 0.15) is 0 Å². The number of furan rings is 1. The van der Waals surface area contributed by atoms with Crippen LogP contribution in [-0.4, -0.2) is 32.8 Å². The van der Waals surface area contributed by atoms with Crippen LogP contribution >= 0.6 is 0 Å². The van der Waals surface area contributed by atoms with Crippen LogP contribution in [0.3, 0.4) is 0 Å². The first-order valence-corrected chi connectivity index (χ1v) is 28.4. The summed E-state index contributed by atoms with van der Waals surface area (Å²) in [7, 11) is 0. The van der Waals surface area contributed by atoms with Gasteiger partial charge in [-0.05, 0) is 46.3 Å². The number of benzene rings is 7. The van der Waals surface area contributed by atoms with Gasteiger partial charge in [0, 0.05) is 55.1 Å². The second-order valence-electron chi connectivity index (χ2n) is 16.6. The number of pyridine rings is 2. The monoisotopic (exact) mass is 1090 g/mol. The average molecular weight is 1090 g/mol. The number of hydrogen-bond donors (Lipinski definition) is 0. The van der Waals surface area contributed by atoms with Crippen molar-refractivity contribution >= 4 is 50.6 Å². The molecule has 0 amide bonds. The first kappa shape index (κ1) is 43.4. The molecule has 0 aliphatic heterocycles. The molecule has 4 aromatic heterocycles. The van der Waals surface area contributed by atoms with E-state index in [-0.39, 0.29) is 25.9 Å². The molecule has 4 heterocycles. The molecule has 0 unspecified atom stereocenters. The van der Waals surface area contributed by atoms with E-state index in [0.717, 1.165) is 55.7 Å². The van der Waals surface area contributed by atoms with Crippen molar-refractivity contribution in [3.63, 3.8) is 0 Å². The van der Waals surface area contributed by atoms with Crippen LogP contribution in [0.25, 0.3) is 94.7 Å². The summed E-state index contributed by atoms with van der Waals surface area (Å²) in [4.78, 5) is 13.5. The van der Waals surface area contributed by atoms with E-state index in [1.54, 1.807) is 6.07 Å². The van der Waals surface area contributed by atoms with E-state index >= 15 is 0 Å². The van der Waals surface area contributed by atoms with Crippen molar-refractivity contribution in [3.05, 3.63) is 212 Å². The first-order valence-electron chi connectivity index (χ1n) is 21.0. The predicted molar refractivity (Wildman–Crippen MR) is 258 cm³/mol. The molecule has 65 heavy (non-hydrogen) atoms. The van der Waals surface area contributed by atoms with Crippen molar-refractivity contribution < 1.29 is 33.3 Å². The smallest absolute Gasteiger partial charge is 0 e. The van der Waals surface area contributed by atoms with Gasteiger partial charge in [0.15, 0.2) is 0 Å². The zero-order valence-electron chi connectivity index (χ0n) is 35.7. The molecule has 0 bridgehead atoms. The van der Waals surface area contributed by atoms with Gasteiger partial charge in [0.1, 0.15) is 11.4 Å². The summed E-state index contributed by atoms with van der Waals surface area (Å²) in [6, 6.07) is 63.4. The molecule has 0 fully saturated rings. The number of fused-ring (bicyclic) bond motifs is 4. The van der Waals surface area contributed by atoms with Crippen molar-refractivity contribution in [2.24, 2.45) is 0 Å². The van der Waals surface area contributed by atoms with Crippen molar-refractivity contribution in [1.29, 1.82) is 0 Å². The van der Waals surface area contributed by atoms with E-state index in [0.29, 0.717) is 39.0 Å². The fourth-order valence-corrected chi connectivity index (χ4v) is 10.3. The summed E-state index contributed by atoms with van der Waals surface area (Å²) in [5.74, 6) is 6.63. The molecule has 0 saturated carbocycles. The number of imidazole rings is 1. The van der Waals surface area contributed by atoms with E-state index in [1.165, 1.54) is 28.8 Å². The normalized spacial score (nSPS) is 11.3. The van der Waals surface area contributed by atoms with Crippen molar-refractivity contribution in [2.45, 2.75) is 17.3 Å². The molecule has 7 aromatic carbocycles. The van der Waals surface area contributed by atoms with Crippen LogP contribution in [0.5, 0.6) is 0 Å². The average Bonchev–Trinajstić information content (AvgIpc) is 3.90. The van der Waals surface area contributed by atoms with E-state index in [2.05, 4.69) is 94.0 Å². The van der Waals surface area contributed by atoms with Crippen molar-refractivity contribution in [1.82, 2.24) is 19.5 Å². The maximum atomic E-state index is 14.7. The maximum absolute atomic E-state index is 14.7. The Bertz CT molecular complexity index is 3430. The van der Waals surface area contributed by atoms with Crippen LogP contribution in [0.4, 0.5) is 8.78 Å². The Morgan fingerprint density at radius 3 is 1.97 bits per heavy atom. The van der Waals surface area contributed by atoms with Gasteiger partial charge < -0.3 is 8.98 Å². The number of hydrogen-bond acceptors (Lipinski definition) is 4. The molecule has 0 spiro atoms. The van der Waals surface area contributed by atoms with E-state index in [9.17, 15) is 8.78 Å². The van der Waals surface area contributed by atoms with E-state index in [4.69, 9.17) is 9.40 Å². The predicted octanol–water partition coefficient (Wildman–Crippen LogP) is 14.2. The largest absolute Gasteiger partial charge is 0 e. The summed E-state index contributed by atoms with van der Waals surface area (Å²) >= 11 is -1.72. The van der Waals surface area contributed by atoms with Crippen molar-refractivity contribution in [3.8, 4) is 61.7 Å². The number of rotatable bonds is 7. The quantitative estimate of drug-likeness (QED) is 0.0907. The Labute approximate surface area is 392 Å². The molecular formula is C56H40F2GeIrN4O-2.